The molecule has 1 unspecified atom stereocenters. The highest BCUT2D eigenvalue weighted by Crippen LogP contribution is 2.08. The van der Waals surface area contributed by atoms with Gasteiger partial charge < -0.3 is 16.0 Å². The molecule has 2 rings (SSSR count). The van der Waals surface area contributed by atoms with Gasteiger partial charge in [-0.25, -0.2) is 0 Å². The van der Waals surface area contributed by atoms with Gasteiger partial charge in [0.05, 0.1) is 6.04 Å². The minimum Gasteiger partial charge on any atom is -0.351 e. The van der Waals surface area contributed by atoms with E-state index in [9.17, 15) is 4.79 Å². The van der Waals surface area contributed by atoms with Crippen molar-refractivity contribution >= 4 is 5.91 Å². The lowest BCUT2D eigenvalue weighted by molar-refractivity contribution is -0.123. The Hall–Kier alpha value is -1.39. The number of carbonyl (C=O) groups excluding carboxylic acids is 1. The van der Waals surface area contributed by atoms with Gasteiger partial charge in [0, 0.05) is 26.2 Å². The van der Waals surface area contributed by atoms with Crippen molar-refractivity contribution in [2.45, 2.75) is 25.9 Å². The molecular formula is C14H21N3O. The summed E-state index contributed by atoms with van der Waals surface area (Å²) in [5.41, 5.74) is 2.50. The van der Waals surface area contributed by atoms with Crippen LogP contribution in [-0.4, -0.2) is 31.6 Å². The first-order chi connectivity index (χ1) is 8.81. The van der Waals surface area contributed by atoms with Crippen LogP contribution < -0.4 is 16.0 Å². The minimum absolute atomic E-state index is 0.0770. The van der Waals surface area contributed by atoms with Crippen molar-refractivity contribution in [3.05, 3.63) is 35.4 Å². The second-order valence-corrected chi connectivity index (χ2v) is 4.55. The molecule has 0 saturated carbocycles. The third-order valence-electron chi connectivity index (χ3n) is 3.31. The van der Waals surface area contributed by atoms with Crippen LogP contribution in [0.15, 0.2) is 24.3 Å². The summed E-state index contributed by atoms with van der Waals surface area (Å²) in [6.07, 6.45) is 0.995. The molecule has 0 spiro atoms. The van der Waals surface area contributed by atoms with Crippen molar-refractivity contribution in [3.8, 4) is 0 Å². The molecule has 1 atom stereocenters. The van der Waals surface area contributed by atoms with E-state index < -0.39 is 0 Å². The zero-order chi connectivity index (χ0) is 12.8. The Balaban J connectivity index is 1.88. The Morgan fingerprint density at radius 2 is 2.11 bits per heavy atom. The molecule has 1 fully saturated rings. The Kier molecular flexibility index (Phi) is 4.73. The zero-order valence-electron chi connectivity index (χ0n) is 10.8. The number of carbonyl (C=O) groups is 1. The number of rotatable bonds is 4. The summed E-state index contributed by atoms with van der Waals surface area (Å²) in [5, 5.41) is 9.42. The first-order valence-electron chi connectivity index (χ1n) is 6.60. The highest BCUT2D eigenvalue weighted by atomic mass is 16.2. The summed E-state index contributed by atoms with van der Waals surface area (Å²) in [7, 11) is 0. The summed E-state index contributed by atoms with van der Waals surface area (Å²) in [6, 6.07) is 8.14. The van der Waals surface area contributed by atoms with Gasteiger partial charge in [0.15, 0.2) is 0 Å². The topological polar surface area (TPSA) is 53.2 Å². The van der Waals surface area contributed by atoms with Crippen molar-refractivity contribution in [3.63, 3.8) is 0 Å². The Morgan fingerprint density at radius 1 is 1.33 bits per heavy atom. The summed E-state index contributed by atoms with van der Waals surface area (Å²) in [5.74, 6) is 0.0770. The fraction of sp³-hybridized carbons (Fsp3) is 0.500. The largest absolute Gasteiger partial charge is 0.351 e. The van der Waals surface area contributed by atoms with Crippen LogP contribution in [0.3, 0.4) is 0 Å². The van der Waals surface area contributed by atoms with E-state index in [1.165, 1.54) is 11.1 Å². The van der Waals surface area contributed by atoms with Crippen LogP contribution in [0.2, 0.25) is 0 Å². The summed E-state index contributed by atoms with van der Waals surface area (Å²) >= 11 is 0. The second-order valence-electron chi connectivity index (χ2n) is 4.55. The van der Waals surface area contributed by atoms with Gasteiger partial charge in [0.1, 0.15) is 0 Å². The van der Waals surface area contributed by atoms with E-state index in [0.29, 0.717) is 13.1 Å². The normalized spacial score (nSPS) is 19.5. The van der Waals surface area contributed by atoms with Crippen LogP contribution in [0, 0.1) is 0 Å². The van der Waals surface area contributed by atoms with Gasteiger partial charge in [-0.2, -0.15) is 0 Å². The van der Waals surface area contributed by atoms with Crippen molar-refractivity contribution < 1.29 is 4.79 Å². The second kappa shape index (κ2) is 6.52. The molecule has 18 heavy (non-hydrogen) atoms. The quantitative estimate of drug-likeness (QED) is 0.723. The van der Waals surface area contributed by atoms with Crippen LogP contribution in [0.1, 0.15) is 18.1 Å². The monoisotopic (exact) mass is 247 g/mol. The smallest absolute Gasteiger partial charge is 0.238 e. The number of hydrogen-bond acceptors (Lipinski definition) is 3. The van der Waals surface area contributed by atoms with Crippen molar-refractivity contribution in [1.29, 1.82) is 0 Å². The molecule has 1 aliphatic rings. The van der Waals surface area contributed by atoms with Gasteiger partial charge in [0.25, 0.3) is 0 Å². The molecule has 1 saturated heterocycles. The SMILES string of the molecule is CCc1ccccc1CNC(=O)C1CNCCN1. The molecule has 1 aliphatic heterocycles. The Morgan fingerprint density at radius 3 is 2.78 bits per heavy atom. The first-order valence-corrected chi connectivity index (χ1v) is 6.60. The Labute approximate surface area is 108 Å². The number of benzene rings is 1. The van der Waals surface area contributed by atoms with E-state index >= 15 is 0 Å². The van der Waals surface area contributed by atoms with Crippen LogP contribution in [0.4, 0.5) is 0 Å². The molecule has 0 bridgehead atoms. The third-order valence-corrected chi connectivity index (χ3v) is 3.31. The fourth-order valence-corrected chi connectivity index (χ4v) is 2.22. The molecule has 4 heteroatoms. The van der Waals surface area contributed by atoms with Crippen molar-refractivity contribution in [2.75, 3.05) is 19.6 Å². The highest BCUT2D eigenvalue weighted by molar-refractivity contribution is 5.82. The van der Waals surface area contributed by atoms with Gasteiger partial charge in [-0.15, -0.1) is 0 Å². The molecule has 98 valence electrons. The number of piperazine rings is 1. The average molecular weight is 247 g/mol. The van der Waals surface area contributed by atoms with Gasteiger partial charge >= 0.3 is 0 Å². The molecule has 0 aromatic heterocycles. The third kappa shape index (κ3) is 3.31. The van der Waals surface area contributed by atoms with Crippen molar-refractivity contribution in [1.82, 2.24) is 16.0 Å². The predicted molar refractivity (Wildman–Crippen MR) is 72.3 cm³/mol. The molecule has 1 aromatic carbocycles. The molecule has 0 radical (unpaired) electrons. The van der Waals surface area contributed by atoms with Crippen LogP contribution in [0.25, 0.3) is 0 Å². The van der Waals surface area contributed by atoms with Crippen LogP contribution in [-0.2, 0) is 17.8 Å². The number of amides is 1. The minimum atomic E-state index is -0.104. The lowest BCUT2D eigenvalue weighted by atomic mass is 10.1. The average Bonchev–Trinajstić information content (AvgIpc) is 2.46. The van der Waals surface area contributed by atoms with E-state index in [2.05, 4.69) is 35.0 Å². The molecule has 1 aromatic rings. The molecule has 4 nitrogen and oxygen atoms in total. The number of aryl methyl sites for hydroxylation is 1. The standard InChI is InChI=1S/C14H21N3O/c1-2-11-5-3-4-6-12(11)9-17-14(18)13-10-15-7-8-16-13/h3-6,13,15-16H,2,7-10H2,1H3,(H,17,18). The van der Waals surface area contributed by atoms with Gasteiger partial charge in [-0.1, -0.05) is 31.2 Å². The van der Waals surface area contributed by atoms with Crippen molar-refractivity contribution in [2.24, 2.45) is 0 Å². The van der Waals surface area contributed by atoms with E-state index in [1.807, 2.05) is 12.1 Å². The van der Waals surface area contributed by atoms with Gasteiger partial charge in [0.2, 0.25) is 5.91 Å². The molecule has 1 heterocycles. The van der Waals surface area contributed by atoms with E-state index in [0.717, 1.165) is 19.5 Å². The number of hydrogen-bond donors (Lipinski definition) is 3. The summed E-state index contributed by atoms with van der Waals surface area (Å²) < 4.78 is 0. The van der Waals surface area contributed by atoms with E-state index in [-0.39, 0.29) is 11.9 Å². The lowest BCUT2D eigenvalue weighted by Crippen LogP contribution is -2.55. The molecule has 1 amide bonds. The van der Waals surface area contributed by atoms with Crippen LogP contribution >= 0.6 is 0 Å². The fourth-order valence-electron chi connectivity index (χ4n) is 2.22. The molecule has 0 aliphatic carbocycles. The predicted octanol–water partition coefficient (Wildman–Crippen LogP) is 0.427. The van der Waals surface area contributed by atoms with Gasteiger partial charge in [-0.05, 0) is 17.5 Å². The highest BCUT2D eigenvalue weighted by Gasteiger charge is 2.19. The maximum absolute atomic E-state index is 12.0. The molecule has 3 N–H and O–H groups in total. The molecular weight excluding hydrogens is 226 g/mol. The van der Waals surface area contributed by atoms with E-state index in [1.54, 1.807) is 0 Å². The summed E-state index contributed by atoms with van der Waals surface area (Å²) in [6.45, 7) is 5.24. The van der Waals surface area contributed by atoms with Crippen LogP contribution in [0.5, 0.6) is 0 Å². The van der Waals surface area contributed by atoms with Gasteiger partial charge in [-0.3, -0.25) is 4.79 Å². The first kappa shape index (κ1) is 13.1. The lowest BCUT2D eigenvalue weighted by Gasteiger charge is -2.23. The maximum Gasteiger partial charge on any atom is 0.238 e. The zero-order valence-corrected chi connectivity index (χ0v) is 10.8. The Bertz CT molecular complexity index is 400. The maximum atomic E-state index is 12.0. The van der Waals surface area contributed by atoms with E-state index in [4.69, 9.17) is 0 Å². The number of nitrogens with one attached hydrogen (secondary N) is 3. The summed E-state index contributed by atoms with van der Waals surface area (Å²) in [4.78, 5) is 12.0.